The molecule has 0 radical (unpaired) electrons. The Balaban J connectivity index is 2.34. The summed E-state index contributed by atoms with van der Waals surface area (Å²) in [6.45, 7) is 1.91. The quantitative estimate of drug-likeness (QED) is 0.602. The van der Waals surface area contributed by atoms with Crippen LogP contribution in [0.5, 0.6) is 0 Å². The average molecular weight is 196 g/mol. The molecule has 0 aliphatic heterocycles. The normalized spacial score (nSPS) is 29.8. The molecule has 0 saturated heterocycles. The van der Waals surface area contributed by atoms with Crippen LogP contribution in [0.3, 0.4) is 0 Å². The molecule has 0 bridgehead atoms. The van der Waals surface area contributed by atoms with Crippen LogP contribution in [0.1, 0.15) is 37.8 Å². The van der Waals surface area contributed by atoms with Gasteiger partial charge in [0.05, 0.1) is 0 Å². The second kappa shape index (κ2) is 3.23. The molecule has 0 fully saturated rings. The van der Waals surface area contributed by atoms with Gasteiger partial charge in [-0.25, -0.2) is 0 Å². The van der Waals surface area contributed by atoms with Gasteiger partial charge in [0.25, 0.3) is 0 Å². The number of hydrogen-bond donors (Lipinski definition) is 0. The van der Waals surface area contributed by atoms with Crippen LogP contribution in [-0.4, -0.2) is 0 Å². The lowest BCUT2D eigenvalue weighted by Crippen LogP contribution is -2.10. The molecule has 1 aliphatic rings. The predicted molar refractivity (Wildman–Crippen MR) is 63.2 cm³/mol. The first-order chi connectivity index (χ1) is 8.12. The molecule has 0 aromatic heterocycles. The highest BCUT2D eigenvalue weighted by Gasteiger charge is 2.20. The fourth-order valence-electron chi connectivity index (χ4n) is 2.24. The number of hydrogen-bond acceptors (Lipinski definition) is 0. The molecular formula is C15H14. The zero-order chi connectivity index (χ0) is 12.0. The van der Waals surface area contributed by atoms with Gasteiger partial charge in [-0.15, -0.1) is 0 Å². The van der Waals surface area contributed by atoms with Crippen molar-refractivity contribution in [3.63, 3.8) is 0 Å². The van der Waals surface area contributed by atoms with Crippen molar-refractivity contribution >= 4 is 0 Å². The molecule has 0 heteroatoms. The summed E-state index contributed by atoms with van der Waals surface area (Å²) in [6.07, 6.45) is -0.360. The van der Waals surface area contributed by atoms with E-state index in [1.165, 1.54) is 0 Å². The highest BCUT2D eigenvalue weighted by Crippen LogP contribution is 2.35. The first-order valence-corrected chi connectivity index (χ1v) is 5.23. The van der Waals surface area contributed by atoms with E-state index >= 15 is 0 Å². The summed E-state index contributed by atoms with van der Waals surface area (Å²) in [5, 5.41) is 0. The van der Waals surface area contributed by atoms with E-state index < -0.39 is 5.89 Å². The fraction of sp³-hybridized carbons (Fsp3) is 0.200. The molecule has 0 nitrogen and oxygen atoms in total. The SMILES string of the molecule is [2H]C1c2ccccc2C([2H])(C)c2ccccc21. The maximum atomic E-state index is 8.60. The Morgan fingerprint density at radius 3 is 2.00 bits per heavy atom. The van der Waals surface area contributed by atoms with Gasteiger partial charge in [-0.2, -0.15) is 0 Å². The van der Waals surface area contributed by atoms with E-state index in [1.807, 2.05) is 55.5 Å². The largest absolute Gasteiger partial charge is 0.0620 e. The lowest BCUT2D eigenvalue weighted by Gasteiger charge is -2.25. The highest BCUT2D eigenvalue weighted by atomic mass is 14.2. The van der Waals surface area contributed by atoms with Crippen LogP contribution < -0.4 is 0 Å². The van der Waals surface area contributed by atoms with Crippen molar-refractivity contribution in [1.29, 1.82) is 0 Å². The van der Waals surface area contributed by atoms with E-state index in [0.717, 1.165) is 22.3 Å². The van der Waals surface area contributed by atoms with Gasteiger partial charge in [0, 0.05) is 8.64 Å². The average Bonchev–Trinajstić information content (AvgIpc) is 2.37. The van der Waals surface area contributed by atoms with Crippen LogP contribution in [0.2, 0.25) is 0 Å². The summed E-state index contributed by atoms with van der Waals surface area (Å²) in [6, 6.07) is 15.7. The van der Waals surface area contributed by atoms with Gasteiger partial charge in [0.15, 0.2) is 0 Å². The Kier molecular flexibility index (Phi) is 1.47. The maximum absolute atomic E-state index is 8.60. The van der Waals surface area contributed by atoms with Gasteiger partial charge >= 0.3 is 0 Å². The smallest absolute Gasteiger partial charge is 0.0399 e. The van der Waals surface area contributed by atoms with E-state index in [0.29, 0.717) is 0 Å². The molecule has 1 aliphatic carbocycles. The molecule has 0 spiro atoms. The third kappa shape index (κ3) is 1.29. The molecule has 2 aromatic rings. The molecule has 0 amide bonds. The Labute approximate surface area is 93.4 Å². The fourth-order valence-corrected chi connectivity index (χ4v) is 2.24. The third-order valence-corrected chi connectivity index (χ3v) is 3.04. The van der Waals surface area contributed by atoms with Gasteiger partial charge < -0.3 is 0 Å². The second-order valence-corrected chi connectivity index (χ2v) is 3.94. The molecule has 3 rings (SSSR count). The van der Waals surface area contributed by atoms with E-state index in [1.54, 1.807) is 0 Å². The minimum absolute atomic E-state index is 0.360. The topological polar surface area (TPSA) is 0 Å². The Morgan fingerprint density at radius 1 is 1.00 bits per heavy atom. The van der Waals surface area contributed by atoms with Crippen molar-refractivity contribution in [1.82, 2.24) is 0 Å². The van der Waals surface area contributed by atoms with E-state index in [4.69, 9.17) is 2.74 Å². The van der Waals surface area contributed by atoms with Gasteiger partial charge in [0.1, 0.15) is 0 Å². The monoisotopic (exact) mass is 196 g/mol. The van der Waals surface area contributed by atoms with Gasteiger partial charge in [-0.05, 0) is 28.7 Å². The summed E-state index contributed by atoms with van der Waals surface area (Å²) in [5.74, 6) is -0.745. The second-order valence-electron chi connectivity index (χ2n) is 3.94. The van der Waals surface area contributed by atoms with Crippen LogP contribution in [0.4, 0.5) is 0 Å². The molecular weight excluding hydrogens is 180 g/mol. The maximum Gasteiger partial charge on any atom is 0.0399 e. The third-order valence-electron chi connectivity index (χ3n) is 3.04. The molecule has 0 N–H and O–H groups in total. The van der Waals surface area contributed by atoms with Crippen molar-refractivity contribution in [3.05, 3.63) is 70.8 Å². The van der Waals surface area contributed by atoms with Crippen LogP contribution in [0.25, 0.3) is 0 Å². The summed E-state index contributed by atoms with van der Waals surface area (Å²) >= 11 is 0. The van der Waals surface area contributed by atoms with E-state index in [9.17, 15) is 0 Å². The number of fused-ring (bicyclic) bond motifs is 2. The Morgan fingerprint density at radius 2 is 1.47 bits per heavy atom. The van der Waals surface area contributed by atoms with Gasteiger partial charge in [-0.1, -0.05) is 55.5 Å². The van der Waals surface area contributed by atoms with Crippen LogP contribution >= 0.6 is 0 Å². The van der Waals surface area contributed by atoms with Crippen molar-refractivity contribution in [3.8, 4) is 0 Å². The van der Waals surface area contributed by atoms with Gasteiger partial charge in [0.2, 0.25) is 0 Å². The first kappa shape index (κ1) is 6.84. The summed E-state index contributed by atoms with van der Waals surface area (Å²) in [5.41, 5.74) is 3.84. The predicted octanol–water partition coefficient (Wildman–Crippen LogP) is 3.74. The minimum atomic E-state index is -0.745. The minimum Gasteiger partial charge on any atom is -0.0620 e. The summed E-state index contributed by atoms with van der Waals surface area (Å²) < 4.78 is 16.9. The first-order valence-electron chi connectivity index (χ1n) is 6.31. The molecule has 0 unspecified atom stereocenters. The van der Waals surface area contributed by atoms with Gasteiger partial charge in [-0.3, -0.25) is 0 Å². The van der Waals surface area contributed by atoms with Crippen molar-refractivity contribution in [2.24, 2.45) is 0 Å². The zero-order valence-electron chi connectivity index (χ0n) is 10.7. The number of rotatable bonds is 0. The molecule has 74 valence electrons. The summed E-state index contributed by atoms with van der Waals surface area (Å²) in [4.78, 5) is 0. The van der Waals surface area contributed by atoms with Crippen molar-refractivity contribution in [2.75, 3.05) is 0 Å². The number of benzene rings is 2. The zero-order valence-corrected chi connectivity index (χ0v) is 8.70. The van der Waals surface area contributed by atoms with Crippen LogP contribution in [0, 0.1) is 0 Å². The van der Waals surface area contributed by atoms with Crippen molar-refractivity contribution in [2.45, 2.75) is 19.2 Å². The molecule has 15 heavy (non-hydrogen) atoms. The van der Waals surface area contributed by atoms with E-state index in [-0.39, 0.29) is 6.40 Å². The highest BCUT2D eigenvalue weighted by molar-refractivity contribution is 5.48. The molecule has 0 atom stereocenters. The Bertz CT molecular complexity index is 523. The Hall–Kier alpha value is -1.56. The molecule has 2 aromatic carbocycles. The lowest BCUT2D eigenvalue weighted by molar-refractivity contribution is 0.845. The molecule has 0 saturated carbocycles. The summed E-state index contributed by atoms with van der Waals surface area (Å²) in [7, 11) is 0. The lowest BCUT2D eigenvalue weighted by atomic mass is 9.79. The standard InChI is InChI=1S/C15H14/c1-11-14-8-4-2-6-12(14)10-13-7-3-5-9-15(11)13/h2-9,11H,10H2,1H3/i10D,11D. The van der Waals surface area contributed by atoms with Crippen LogP contribution in [0.15, 0.2) is 48.5 Å². The van der Waals surface area contributed by atoms with E-state index in [2.05, 4.69) is 0 Å². The molecule has 0 heterocycles. The van der Waals surface area contributed by atoms with Crippen LogP contribution in [-0.2, 0) is 6.40 Å². The van der Waals surface area contributed by atoms with Crippen molar-refractivity contribution < 1.29 is 2.74 Å².